The zero-order valence-corrected chi connectivity index (χ0v) is 25.5. The van der Waals surface area contributed by atoms with Gasteiger partial charge in [0.15, 0.2) is 0 Å². The van der Waals surface area contributed by atoms with Crippen LogP contribution in [0.2, 0.25) is 0 Å². The fraction of sp³-hybridized carbons (Fsp3) is 0.909. The largest absolute Gasteiger partial charge is 0.455 e. The maximum absolute atomic E-state index is 11.6. The number of carbonyl (C=O) groups excluding carboxylic acids is 1. The number of esters is 1. The molecule has 0 fully saturated rings. The molecule has 0 aromatic carbocycles. The predicted octanol–water partition coefficient (Wildman–Crippen LogP) is 7.83. The summed E-state index contributed by atoms with van der Waals surface area (Å²) in [6.07, 6.45) is 25.9. The molecule has 0 spiro atoms. The van der Waals surface area contributed by atoms with Gasteiger partial charge in [-0.25, -0.2) is 4.79 Å². The fourth-order valence-electron chi connectivity index (χ4n) is 5.16. The second kappa shape index (κ2) is 26.0. The van der Waals surface area contributed by atoms with E-state index in [-0.39, 0.29) is 18.2 Å². The van der Waals surface area contributed by atoms with Crippen LogP contribution >= 0.6 is 0 Å². The molecule has 1 aliphatic rings. The number of hydrogen-bond donors (Lipinski definition) is 2. The smallest absolute Gasteiger partial charge is 0.334 e. The van der Waals surface area contributed by atoms with Crippen molar-refractivity contribution < 1.29 is 29.2 Å². The molecule has 3 atom stereocenters. The summed E-state index contributed by atoms with van der Waals surface area (Å²) in [5.41, 5.74) is 0.865. The second-order valence-corrected chi connectivity index (χ2v) is 11.6. The zero-order valence-electron chi connectivity index (χ0n) is 25.5. The van der Waals surface area contributed by atoms with E-state index in [1.165, 1.54) is 96.3 Å². The normalized spacial score (nSPS) is 16.9. The number of rotatable bonds is 29. The summed E-state index contributed by atoms with van der Waals surface area (Å²) in [5.74, 6) is -0.122. The van der Waals surface area contributed by atoms with Crippen molar-refractivity contribution in [2.45, 2.75) is 167 Å². The van der Waals surface area contributed by atoms with Gasteiger partial charge in [-0.3, -0.25) is 0 Å². The van der Waals surface area contributed by atoms with E-state index in [0.29, 0.717) is 26.4 Å². The third-order valence-electron chi connectivity index (χ3n) is 7.61. The van der Waals surface area contributed by atoms with Crippen LogP contribution in [-0.2, 0) is 19.0 Å². The number of hydrogen-bond acceptors (Lipinski definition) is 6. The Morgan fingerprint density at radius 1 is 0.692 bits per heavy atom. The molecule has 2 N–H and O–H groups in total. The van der Waals surface area contributed by atoms with Gasteiger partial charge in [0.2, 0.25) is 0 Å². The van der Waals surface area contributed by atoms with E-state index in [1.807, 2.05) is 13.0 Å². The Kier molecular flexibility index (Phi) is 24.0. The third kappa shape index (κ3) is 22.4. The number of carbonyl (C=O) groups is 1. The Hall–Kier alpha value is -0.950. The molecule has 230 valence electrons. The molecule has 0 radical (unpaired) electrons. The minimum Gasteiger partial charge on any atom is -0.455 e. The van der Waals surface area contributed by atoms with Gasteiger partial charge in [-0.2, -0.15) is 0 Å². The zero-order chi connectivity index (χ0) is 28.4. The lowest BCUT2D eigenvalue weighted by Crippen LogP contribution is -2.20. The number of ether oxygens (including phenoxy) is 3. The summed E-state index contributed by atoms with van der Waals surface area (Å²) in [6.45, 7) is 5.82. The van der Waals surface area contributed by atoms with E-state index < -0.39 is 6.10 Å². The first-order valence-corrected chi connectivity index (χ1v) is 16.5. The molecule has 6 nitrogen and oxygen atoms in total. The van der Waals surface area contributed by atoms with Crippen LogP contribution < -0.4 is 0 Å². The molecule has 0 unspecified atom stereocenters. The van der Waals surface area contributed by atoms with Crippen molar-refractivity contribution in [1.29, 1.82) is 0 Å². The molecular formula is C33H62O6. The number of aliphatic hydroxyl groups excluding tert-OH is 2. The molecule has 0 aliphatic carbocycles. The van der Waals surface area contributed by atoms with Crippen LogP contribution in [0.3, 0.4) is 0 Å². The highest BCUT2D eigenvalue weighted by Crippen LogP contribution is 2.20. The third-order valence-corrected chi connectivity index (χ3v) is 7.61. The molecule has 0 saturated carbocycles. The first-order valence-electron chi connectivity index (χ1n) is 16.5. The first kappa shape index (κ1) is 36.1. The van der Waals surface area contributed by atoms with Crippen LogP contribution in [0.5, 0.6) is 0 Å². The van der Waals surface area contributed by atoms with Gasteiger partial charge in [0.05, 0.1) is 38.6 Å². The van der Waals surface area contributed by atoms with Crippen molar-refractivity contribution in [3.05, 3.63) is 11.6 Å². The van der Waals surface area contributed by atoms with Crippen molar-refractivity contribution in [2.75, 3.05) is 26.4 Å². The van der Waals surface area contributed by atoms with Crippen LogP contribution in [0.25, 0.3) is 0 Å². The highest BCUT2D eigenvalue weighted by atomic mass is 16.5. The maximum atomic E-state index is 11.6. The van der Waals surface area contributed by atoms with Crippen LogP contribution in [0.4, 0.5) is 0 Å². The molecule has 0 aromatic heterocycles. The minimum absolute atomic E-state index is 0.0467. The van der Waals surface area contributed by atoms with Gasteiger partial charge in [0.25, 0.3) is 0 Å². The Morgan fingerprint density at radius 3 is 1.51 bits per heavy atom. The summed E-state index contributed by atoms with van der Waals surface area (Å²) in [7, 11) is 0. The van der Waals surface area contributed by atoms with Gasteiger partial charge in [-0.15, -0.1) is 0 Å². The maximum Gasteiger partial charge on any atom is 0.334 e. The molecule has 39 heavy (non-hydrogen) atoms. The van der Waals surface area contributed by atoms with Crippen molar-refractivity contribution in [3.63, 3.8) is 0 Å². The number of cyclic esters (lactones) is 1. The summed E-state index contributed by atoms with van der Waals surface area (Å²) in [6, 6.07) is 0. The average Bonchev–Trinajstić information content (AvgIpc) is 3.24. The minimum atomic E-state index is -0.400. The van der Waals surface area contributed by atoms with Crippen LogP contribution in [0.1, 0.15) is 149 Å². The van der Waals surface area contributed by atoms with Crippen molar-refractivity contribution >= 4 is 5.97 Å². The molecule has 0 amide bonds. The van der Waals surface area contributed by atoms with Gasteiger partial charge in [-0.05, 0) is 38.7 Å². The lowest BCUT2D eigenvalue weighted by atomic mass is 10.0. The van der Waals surface area contributed by atoms with Gasteiger partial charge >= 0.3 is 5.97 Å². The summed E-state index contributed by atoms with van der Waals surface area (Å²) >= 11 is 0. The van der Waals surface area contributed by atoms with Crippen LogP contribution in [0, 0.1) is 0 Å². The van der Waals surface area contributed by atoms with E-state index in [9.17, 15) is 15.0 Å². The van der Waals surface area contributed by atoms with E-state index >= 15 is 0 Å². The summed E-state index contributed by atoms with van der Waals surface area (Å²) in [4.78, 5) is 11.6. The fourth-order valence-corrected chi connectivity index (χ4v) is 5.16. The van der Waals surface area contributed by atoms with E-state index in [4.69, 9.17) is 14.2 Å². The summed E-state index contributed by atoms with van der Waals surface area (Å²) < 4.78 is 16.2. The Morgan fingerprint density at radius 2 is 1.10 bits per heavy atom. The highest BCUT2D eigenvalue weighted by Gasteiger charge is 2.21. The Balaban J connectivity index is 1.76. The average molecular weight is 555 g/mol. The van der Waals surface area contributed by atoms with Crippen molar-refractivity contribution in [3.8, 4) is 0 Å². The van der Waals surface area contributed by atoms with Crippen molar-refractivity contribution in [1.82, 2.24) is 0 Å². The molecule has 0 saturated heterocycles. The van der Waals surface area contributed by atoms with Gasteiger partial charge in [0.1, 0.15) is 6.10 Å². The number of aliphatic hydroxyl groups is 2. The molecule has 0 aromatic rings. The molecule has 6 heteroatoms. The molecule has 1 aliphatic heterocycles. The van der Waals surface area contributed by atoms with E-state index in [1.54, 1.807) is 0 Å². The molecule has 1 rings (SSSR count). The van der Waals surface area contributed by atoms with E-state index in [2.05, 4.69) is 6.92 Å². The molecular weight excluding hydrogens is 492 g/mol. The predicted molar refractivity (Wildman–Crippen MR) is 160 cm³/mol. The molecule has 0 bridgehead atoms. The van der Waals surface area contributed by atoms with Gasteiger partial charge < -0.3 is 24.4 Å². The second-order valence-electron chi connectivity index (χ2n) is 11.6. The van der Waals surface area contributed by atoms with Crippen LogP contribution in [-0.4, -0.2) is 60.9 Å². The highest BCUT2D eigenvalue weighted by molar-refractivity contribution is 5.90. The lowest BCUT2D eigenvalue weighted by Gasteiger charge is -2.13. The standard InChI is InChI=1S/C33H62O6/c1-3-4-5-6-7-13-16-19-22-31(34)27-37-24-25-38-28-32(35)23-20-17-14-11-9-8-10-12-15-18-21-30-26-29(2)39-33(30)36/h26,29,31-32,34-35H,3-25,27-28H2,1-2H3/t29-,31-,32-/m0/s1. The Labute approximate surface area is 240 Å². The first-order chi connectivity index (χ1) is 19.0. The van der Waals surface area contributed by atoms with Crippen molar-refractivity contribution in [2.24, 2.45) is 0 Å². The van der Waals surface area contributed by atoms with E-state index in [0.717, 1.165) is 44.1 Å². The van der Waals surface area contributed by atoms with Crippen LogP contribution in [0.15, 0.2) is 11.6 Å². The topological polar surface area (TPSA) is 85.2 Å². The monoisotopic (exact) mass is 554 g/mol. The number of unbranched alkanes of at least 4 members (excludes halogenated alkanes) is 16. The van der Waals surface area contributed by atoms with Gasteiger partial charge in [0, 0.05) is 5.57 Å². The quantitative estimate of drug-likeness (QED) is 0.0724. The van der Waals surface area contributed by atoms with Gasteiger partial charge in [-0.1, -0.05) is 116 Å². The SMILES string of the molecule is CCCCCCCCCC[C@H](O)COCCOC[C@@H](O)CCCCCCCCCCCCC1=C[C@H](C)OC1=O. The molecule has 1 heterocycles. The Bertz CT molecular complexity index is 593. The summed E-state index contributed by atoms with van der Waals surface area (Å²) in [5, 5.41) is 20.1. The lowest BCUT2D eigenvalue weighted by molar-refractivity contribution is -0.139.